The number of hydrogen-bond donors (Lipinski definition) is 1. The zero-order valence-corrected chi connectivity index (χ0v) is 10.5. The van der Waals surface area contributed by atoms with E-state index in [4.69, 9.17) is 4.74 Å². The first-order valence-electron chi connectivity index (χ1n) is 5.90. The third-order valence-electron chi connectivity index (χ3n) is 2.69. The number of halogens is 2. The van der Waals surface area contributed by atoms with Gasteiger partial charge in [0.1, 0.15) is 17.4 Å². The van der Waals surface area contributed by atoms with E-state index in [1.807, 2.05) is 13.8 Å². The van der Waals surface area contributed by atoms with Crippen molar-refractivity contribution in [2.24, 2.45) is 0 Å². The summed E-state index contributed by atoms with van der Waals surface area (Å²) in [6.07, 6.45) is 1.57. The van der Waals surface area contributed by atoms with Gasteiger partial charge in [0.05, 0.1) is 7.11 Å². The minimum atomic E-state index is -0.558. The fourth-order valence-electron chi connectivity index (χ4n) is 1.78. The molecule has 0 bridgehead atoms. The highest BCUT2D eigenvalue weighted by molar-refractivity contribution is 5.32. The number of nitrogens with one attached hydrogen (secondary N) is 1. The van der Waals surface area contributed by atoms with Crippen LogP contribution in [-0.4, -0.2) is 13.7 Å². The van der Waals surface area contributed by atoms with E-state index in [0.29, 0.717) is 6.42 Å². The highest BCUT2D eigenvalue weighted by Crippen LogP contribution is 2.27. The Hall–Kier alpha value is -1.16. The van der Waals surface area contributed by atoms with E-state index in [2.05, 4.69) is 5.32 Å². The summed E-state index contributed by atoms with van der Waals surface area (Å²) in [4.78, 5) is 0. The first-order chi connectivity index (χ1) is 8.13. The Morgan fingerprint density at radius 2 is 1.82 bits per heavy atom. The molecule has 0 saturated carbocycles. The maximum Gasteiger partial charge on any atom is 0.134 e. The van der Waals surface area contributed by atoms with Gasteiger partial charge in [-0.05, 0) is 19.4 Å². The third kappa shape index (κ3) is 3.40. The first-order valence-corrected chi connectivity index (χ1v) is 5.90. The Morgan fingerprint density at radius 1 is 1.24 bits per heavy atom. The van der Waals surface area contributed by atoms with Crippen LogP contribution in [0.15, 0.2) is 12.1 Å². The minimum absolute atomic E-state index is 0.0988. The zero-order valence-electron chi connectivity index (χ0n) is 10.5. The van der Waals surface area contributed by atoms with E-state index < -0.39 is 11.6 Å². The second-order valence-corrected chi connectivity index (χ2v) is 3.92. The molecule has 0 saturated heterocycles. The minimum Gasteiger partial charge on any atom is -0.497 e. The summed E-state index contributed by atoms with van der Waals surface area (Å²) in [7, 11) is 1.39. The van der Waals surface area contributed by atoms with Crippen molar-refractivity contribution in [2.75, 3.05) is 13.7 Å². The van der Waals surface area contributed by atoms with Crippen molar-refractivity contribution in [3.05, 3.63) is 29.3 Å². The molecule has 96 valence electrons. The molecule has 0 radical (unpaired) electrons. The van der Waals surface area contributed by atoms with Crippen LogP contribution in [-0.2, 0) is 0 Å². The fourth-order valence-corrected chi connectivity index (χ4v) is 1.78. The summed E-state index contributed by atoms with van der Waals surface area (Å²) in [6, 6.07) is 2.14. The van der Waals surface area contributed by atoms with Crippen molar-refractivity contribution in [3.63, 3.8) is 0 Å². The molecular formula is C13H19F2NO. The Labute approximate surface area is 101 Å². The van der Waals surface area contributed by atoms with Gasteiger partial charge in [0.25, 0.3) is 0 Å². The molecule has 0 heterocycles. The van der Waals surface area contributed by atoms with E-state index in [1.54, 1.807) is 0 Å². The maximum atomic E-state index is 13.8. The van der Waals surface area contributed by atoms with E-state index >= 15 is 0 Å². The van der Waals surface area contributed by atoms with Gasteiger partial charge >= 0.3 is 0 Å². The van der Waals surface area contributed by atoms with Crippen LogP contribution < -0.4 is 10.1 Å². The summed E-state index contributed by atoms with van der Waals surface area (Å²) < 4.78 is 32.4. The van der Waals surface area contributed by atoms with Crippen LogP contribution in [0, 0.1) is 11.6 Å². The Bertz CT molecular complexity index is 345. The molecule has 1 aromatic rings. The van der Waals surface area contributed by atoms with Crippen molar-refractivity contribution in [1.29, 1.82) is 0 Å². The summed E-state index contributed by atoms with van der Waals surface area (Å²) >= 11 is 0. The predicted molar refractivity (Wildman–Crippen MR) is 64.2 cm³/mol. The molecule has 1 atom stereocenters. The Balaban J connectivity index is 3.02. The molecule has 2 nitrogen and oxygen atoms in total. The number of hydrogen-bond acceptors (Lipinski definition) is 2. The molecule has 1 rings (SSSR count). The monoisotopic (exact) mass is 243 g/mol. The SMILES string of the molecule is CCCNC(CC)c1c(F)cc(OC)cc1F. The largest absolute Gasteiger partial charge is 0.497 e. The number of ether oxygens (including phenoxy) is 1. The second-order valence-electron chi connectivity index (χ2n) is 3.92. The zero-order chi connectivity index (χ0) is 12.8. The lowest BCUT2D eigenvalue weighted by Gasteiger charge is -2.19. The lowest BCUT2D eigenvalue weighted by molar-refractivity contribution is 0.399. The van der Waals surface area contributed by atoms with Crippen LogP contribution in [0.2, 0.25) is 0 Å². The highest BCUT2D eigenvalue weighted by Gasteiger charge is 2.19. The summed E-state index contributed by atoms with van der Waals surface area (Å²) in [6.45, 7) is 4.65. The van der Waals surface area contributed by atoms with Gasteiger partial charge in [-0.1, -0.05) is 13.8 Å². The Kier molecular flexibility index (Phi) is 5.35. The molecule has 0 aliphatic heterocycles. The molecule has 1 aromatic carbocycles. The average Bonchev–Trinajstić information content (AvgIpc) is 2.32. The van der Waals surface area contributed by atoms with E-state index in [9.17, 15) is 8.78 Å². The summed E-state index contributed by atoms with van der Waals surface area (Å²) in [5, 5.41) is 3.13. The third-order valence-corrected chi connectivity index (χ3v) is 2.69. The molecule has 4 heteroatoms. The van der Waals surface area contributed by atoms with Gasteiger partial charge in [0, 0.05) is 23.7 Å². The molecule has 0 amide bonds. The summed E-state index contributed by atoms with van der Waals surface area (Å²) in [5.74, 6) is -0.913. The van der Waals surface area contributed by atoms with Gasteiger partial charge in [0.15, 0.2) is 0 Å². The second kappa shape index (κ2) is 6.55. The van der Waals surface area contributed by atoms with Crippen LogP contribution >= 0.6 is 0 Å². The molecule has 0 fully saturated rings. The number of rotatable bonds is 6. The quantitative estimate of drug-likeness (QED) is 0.826. The van der Waals surface area contributed by atoms with Crippen LogP contribution in [0.5, 0.6) is 5.75 Å². The van der Waals surface area contributed by atoms with Gasteiger partial charge in [-0.3, -0.25) is 0 Å². The Morgan fingerprint density at radius 3 is 2.24 bits per heavy atom. The molecule has 1 unspecified atom stereocenters. The van der Waals surface area contributed by atoms with E-state index in [-0.39, 0.29) is 17.4 Å². The van der Waals surface area contributed by atoms with Gasteiger partial charge in [-0.15, -0.1) is 0 Å². The van der Waals surface area contributed by atoms with Gasteiger partial charge in [-0.25, -0.2) is 8.78 Å². The fraction of sp³-hybridized carbons (Fsp3) is 0.538. The molecule has 1 N–H and O–H groups in total. The standard InChI is InChI=1S/C13H19F2NO/c1-4-6-16-12(5-2)13-10(14)7-9(17-3)8-11(13)15/h7-8,12,16H,4-6H2,1-3H3. The molecular weight excluding hydrogens is 224 g/mol. The highest BCUT2D eigenvalue weighted by atomic mass is 19.1. The smallest absolute Gasteiger partial charge is 0.134 e. The van der Waals surface area contributed by atoms with Gasteiger partial charge in [-0.2, -0.15) is 0 Å². The van der Waals surface area contributed by atoms with E-state index in [1.165, 1.54) is 19.2 Å². The van der Waals surface area contributed by atoms with Gasteiger partial charge in [0.2, 0.25) is 0 Å². The predicted octanol–water partition coefficient (Wildman–Crippen LogP) is 3.42. The van der Waals surface area contributed by atoms with Crippen molar-refractivity contribution in [2.45, 2.75) is 32.7 Å². The normalized spacial score (nSPS) is 12.5. The van der Waals surface area contributed by atoms with E-state index in [0.717, 1.165) is 13.0 Å². The van der Waals surface area contributed by atoms with Crippen molar-refractivity contribution >= 4 is 0 Å². The molecule has 0 aliphatic rings. The van der Waals surface area contributed by atoms with Gasteiger partial charge < -0.3 is 10.1 Å². The van der Waals surface area contributed by atoms with Crippen molar-refractivity contribution in [3.8, 4) is 5.75 Å². The number of benzene rings is 1. The summed E-state index contributed by atoms with van der Waals surface area (Å²) in [5.41, 5.74) is 0.0988. The maximum absolute atomic E-state index is 13.8. The lowest BCUT2D eigenvalue weighted by atomic mass is 10.0. The molecule has 0 aromatic heterocycles. The van der Waals surface area contributed by atoms with Crippen LogP contribution in [0.4, 0.5) is 8.78 Å². The molecule has 0 aliphatic carbocycles. The number of methoxy groups -OCH3 is 1. The van der Waals surface area contributed by atoms with Crippen molar-refractivity contribution < 1.29 is 13.5 Å². The molecule has 17 heavy (non-hydrogen) atoms. The topological polar surface area (TPSA) is 21.3 Å². The van der Waals surface area contributed by atoms with Crippen molar-refractivity contribution in [1.82, 2.24) is 5.32 Å². The molecule has 0 spiro atoms. The average molecular weight is 243 g/mol. The van der Waals surface area contributed by atoms with Crippen LogP contribution in [0.3, 0.4) is 0 Å². The first kappa shape index (κ1) is 13.9. The lowest BCUT2D eigenvalue weighted by Crippen LogP contribution is -2.23. The van der Waals surface area contributed by atoms with Crippen LogP contribution in [0.1, 0.15) is 38.3 Å². The van der Waals surface area contributed by atoms with Crippen LogP contribution in [0.25, 0.3) is 0 Å².